The second-order valence-corrected chi connectivity index (χ2v) is 4.50. The number of nitrogens with zero attached hydrogens (tertiary/aromatic N) is 1. The first-order valence-electron chi connectivity index (χ1n) is 3.60. The van der Waals surface area contributed by atoms with Gasteiger partial charge in [-0.05, 0) is 36.7 Å². The van der Waals surface area contributed by atoms with Crippen LogP contribution in [-0.4, -0.2) is 22.3 Å². The topological polar surface area (TPSA) is 37.4 Å². The zero-order valence-corrected chi connectivity index (χ0v) is 8.81. The van der Waals surface area contributed by atoms with Gasteiger partial charge < -0.3 is 0 Å². The Morgan fingerprint density at radius 1 is 1.33 bits per heavy atom. The van der Waals surface area contributed by atoms with Crippen LogP contribution in [-0.2, 0) is 9.59 Å². The van der Waals surface area contributed by atoms with E-state index in [9.17, 15) is 9.59 Å². The van der Waals surface area contributed by atoms with E-state index in [0.29, 0.717) is 4.48 Å². The third-order valence-electron chi connectivity index (χ3n) is 1.55. The van der Waals surface area contributed by atoms with Crippen molar-refractivity contribution < 1.29 is 9.59 Å². The molecular formula is C8H10BrNO2. The van der Waals surface area contributed by atoms with Gasteiger partial charge in [-0.3, -0.25) is 14.5 Å². The summed E-state index contributed by atoms with van der Waals surface area (Å²) in [7, 11) is 0. The van der Waals surface area contributed by atoms with Gasteiger partial charge in [0.15, 0.2) is 0 Å². The molecule has 0 aromatic carbocycles. The molecule has 0 radical (unpaired) electrons. The molecule has 1 rings (SSSR count). The highest BCUT2D eigenvalue weighted by molar-refractivity contribution is 9.12. The van der Waals surface area contributed by atoms with Crippen LogP contribution in [0.25, 0.3) is 0 Å². The van der Waals surface area contributed by atoms with E-state index >= 15 is 0 Å². The number of halogens is 1. The summed E-state index contributed by atoms with van der Waals surface area (Å²) in [5, 5.41) is 0. The second kappa shape index (κ2) is 2.69. The Hall–Kier alpha value is -0.640. The summed E-state index contributed by atoms with van der Waals surface area (Å²) in [5.74, 6) is -0.508. The van der Waals surface area contributed by atoms with Crippen molar-refractivity contribution >= 4 is 27.7 Å². The fourth-order valence-electron chi connectivity index (χ4n) is 1.08. The molecule has 0 saturated heterocycles. The van der Waals surface area contributed by atoms with Crippen molar-refractivity contribution in [3.8, 4) is 0 Å². The van der Waals surface area contributed by atoms with Crippen LogP contribution >= 0.6 is 15.9 Å². The molecule has 4 heteroatoms. The van der Waals surface area contributed by atoms with Gasteiger partial charge >= 0.3 is 0 Å². The summed E-state index contributed by atoms with van der Waals surface area (Å²) < 4.78 is 0.336. The van der Waals surface area contributed by atoms with Gasteiger partial charge in [0.1, 0.15) is 0 Å². The smallest absolute Gasteiger partial charge is 0.268 e. The van der Waals surface area contributed by atoms with Gasteiger partial charge in [0.2, 0.25) is 0 Å². The lowest BCUT2D eigenvalue weighted by atomic mass is 10.1. The van der Waals surface area contributed by atoms with Crippen molar-refractivity contribution in [2.45, 2.75) is 26.3 Å². The molecule has 0 aromatic rings. The molecule has 0 fully saturated rings. The highest BCUT2D eigenvalue weighted by Gasteiger charge is 2.37. The summed E-state index contributed by atoms with van der Waals surface area (Å²) in [6.07, 6.45) is 1.30. The molecule has 0 spiro atoms. The Balaban J connectivity index is 2.99. The number of amides is 2. The van der Waals surface area contributed by atoms with E-state index in [1.807, 2.05) is 20.8 Å². The SMILES string of the molecule is CC(C)(C)N1C(=O)C=C(Br)C1=O. The van der Waals surface area contributed by atoms with Gasteiger partial charge in [0.25, 0.3) is 11.8 Å². The summed E-state index contributed by atoms with van der Waals surface area (Å²) in [6, 6.07) is 0. The molecule has 0 atom stereocenters. The van der Waals surface area contributed by atoms with Crippen LogP contribution in [0.2, 0.25) is 0 Å². The molecule has 0 bridgehead atoms. The van der Waals surface area contributed by atoms with Gasteiger partial charge in [-0.1, -0.05) is 0 Å². The maximum absolute atomic E-state index is 11.4. The Morgan fingerprint density at radius 3 is 2.00 bits per heavy atom. The lowest BCUT2D eigenvalue weighted by Gasteiger charge is -2.29. The third-order valence-corrected chi connectivity index (χ3v) is 2.12. The molecule has 66 valence electrons. The third kappa shape index (κ3) is 1.43. The van der Waals surface area contributed by atoms with Crippen molar-refractivity contribution in [2.75, 3.05) is 0 Å². The lowest BCUT2D eigenvalue weighted by molar-refractivity contribution is -0.142. The predicted octanol–water partition coefficient (Wildman–Crippen LogP) is 1.43. The second-order valence-electron chi connectivity index (χ2n) is 3.64. The lowest BCUT2D eigenvalue weighted by Crippen LogP contribution is -2.45. The molecule has 0 unspecified atom stereocenters. The van der Waals surface area contributed by atoms with Gasteiger partial charge in [-0.15, -0.1) is 0 Å². The average molecular weight is 232 g/mol. The monoisotopic (exact) mass is 231 g/mol. The highest BCUT2D eigenvalue weighted by Crippen LogP contribution is 2.25. The molecule has 2 amide bonds. The number of hydrogen-bond acceptors (Lipinski definition) is 2. The van der Waals surface area contributed by atoms with Crippen molar-refractivity contribution in [1.29, 1.82) is 0 Å². The van der Waals surface area contributed by atoms with E-state index < -0.39 is 5.54 Å². The van der Waals surface area contributed by atoms with E-state index in [-0.39, 0.29) is 11.8 Å². The van der Waals surface area contributed by atoms with E-state index in [1.165, 1.54) is 11.0 Å². The van der Waals surface area contributed by atoms with Gasteiger partial charge in [0, 0.05) is 11.6 Å². The molecular weight excluding hydrogens is 222 g/mol. The summed E-state index contributed by atoms with van der Waals surface area (Å²) in [6.45, 7) is 5.46. The molecule has 0 saturated carbocycles. The molecule has 0 aliphatic carbocycles. The van der Waals surface area contributed by atoms with Gasteiger partial charge in [-0.25, -0.2) is 0 Å². The first kappa shape index (κ1) is 9.45. The maximum Gasteiger partial charge on any atom is 0.268 e. The zero-order chi connectivity index (χ0) is 9.52. The number of imide groups is 1. The van der Waals surface area contributed by atoms with Crippen LogP contribution in [0.1, 0.15) is 20.8 Å². The van der Waals surface area contributed by atoms with E-state index in [4.69, 9.17) is 0 Å². The molecule has 1 aliphatic rings. The number of carbonyl (C=O) groups excluding carboxylic acids is 2. The molecule has 0 N–H and O–H groups in total. The maximum atomic E-state index is 11.4. The minimum Gasteiger partial charge on any atom is -0.269 e. The quantitative estimate of drug-likeness (QED) is 0.592. The summed E-state index contributed by atoms with van der Waals surface area (Å²) in [5.41, 5.74) is -0.444. The van der Waals surface area contributed by atoms with Crippen LogP contribution in [0.3, 0.4) is 0 Å². The van der Waals surface area contributed by atoms with E-state index in [1.54, 1.807) is 0 Å². The number of carbonyl (C=O) groups is 2. The minimum atomic E-state index is -0.444. The Morgan fingerprint density at radius 2 is 1.83 bits per heavy atom. The van der Waals surface area contributed by atoms with Crippen molar-refractivity contribution in [3.05, 3.63) is 10.6 Å². The normalized spacial score (nSPS) is 18.7. The van der Waals surface area contributed by atoms with E-state index in [0.717, 1.165) is 0 Å². The average Bonchev–Trinajstić information content (AvgIpc) is 2.05. The summed E-state index contributed by atoms with van der Waals surface area (Å²) >= 11 is 3.03. The minimum absolute atomic E-state index is 0.251. The highest BCUT2D eigenvalue weighted by atomic mass is 79.9. The number of rotatable bonds is 0. The Bertz CT molecular complexity index is 275. The molecule has 12 heavy (non-hydrogen) atoms. The Kier molecular flexibility index (Phi) is 2.12. The van der Waals surface area contributed by atoms with Crippen molar-refractivity contribution in [3.63, 3.8) is 0 Å². The fraction of sp³-hybridized carbons (Fsp3) is 0.500. The first-order valence-corrected chi connectivity index (χ1v) is 4.39. The summed E-state index contributed by atoms with van der Waals surface area (Å²) in [4.78, 5) is 23.8. The van der Waals surface area contributed by atoms with Crippen LogP contribution in [0, 0.1) is 0 Å². The van der Waals surface area contributed by atoms with E-state index in [2.05, 4.69) is 15.9 Å². The standard InChI is InChI=1S/C8H10BrNO2/c1-8(2,3)10-6(11)4-5(9)7(10)12/h4H,1-3H3. The number of hydrogen-bond donors (Lipinski definition) is 0. The van der Waals surface area contributed by atoms with Crippen LogP contribution < -0.4 is 0 Å². The zero-order valence-electron chi connectivity index (χ0n) is 7.22. The predicted molar refractivity (Wildman–Crippen MR) is 48.6 cm³/mol. The van der Waals surface area contributed by atoms with Crippen molar-refractivity contribution in [2.24, 2.45) is 0 Å². The van der Waals surface area contributed by atoms with Gasteiger partial charge in [-0.2, -0.15) is 0 Å². The largest absolute Gasteiger partial charge is 0.269 e. The molecule has 1 heterocycles. The van der Waals surface area contributed by atoms with Crippen LogP contribution in [0.4, 0.5) is 0 Å². The molecule has 1 aliphatic heterocycles. The Labute approximate surface area is 79.5 Å². The molecule has 0 aromatic heterocycles. The van der Waals surface area contributed by atoms with Crippen LogP contribution in [0.15, 0.2) is 10.6 Å². The first-order chi connectivity index (χ1) is 5.34. The molecule has 3 nitrogen and oxygen atoms in total. The fourth-order valence-corrected chi connectivity index (χ4v) is 1.45. The van der Waals surface area contributed by atoms with Crippen LogP contribution in [0.5, 0.6) is 0 Å². The van der Waals surface area contributed by atoms with Crippen molar-refractivity contribution in [1.82, 2.24) is 4.90 Å². The van der Waals surface area contributed by atoms with Gasteiger partial charge in [0.05, 0.1) is 4.48 Å².